The summed E-state index contributed by atoms with van der Waals surface area (Å²) in [4.78, 5) is 0. The smallest absolute Gasteiger partial charge is 0.131 e. The molecule has 0 aliphatic rings. The maximum atomic E-state index is 6.67. The van der Waals surface area contributed by atoms with Crippen molar-refractivity contribution in [2.45, 2.75) is 5.38 Å². The van der Waals surface area contributed by atoms with E-state index in [0.29, 0.717) is 17.2 Å². The topological polar surface area (TPSA) is 27.7 Å². The lowest BCUT2D eigenvalue weighted by Gasteiger charge is -2.19. The van der Waals surface area contributed by atoms with Crippen molar-refractivity contribution in [3.8, 4) is 17.2 Å². The van der Waals surface area contributed by atoms with Crippen LogP contribution in [0.1, 0.15) is 16.5 Å². The highest BCUT2D eigenvalue weighted by Gasteiger charge is 2.23. The molecule has 0 aliphatic carbocycles. The third-order valence-electron chi connectivity index (χ3n) is 3.18. The van der Waals surface area contributed by atoms with Crippen LogP contribution in [0.25, 0.3) is 0 Å². The van der Waals surface area contributed by atoms with Crippen LogP contribution in [0.5, 0.6) is 17.2 Å². The molecule has 21 heavy (non-hydrogen) atoms. The second-order valence-electron chi connectivity index (χ2n) is 4.33. The number of alkyl halides is 1. The summed E-state index contributed by atoms with van der Waals surface area (Å²) in [7, 11) is 4.79. The highest BCUT2D eigenvalue weighted by molar-refractivity contribution is 9.10. The van der Waals surface area contributed by atoms with Gasteiger partial charge in [-0.25, -0.2) is 0 Å². The molecule has 3 nitrogen and oxygen atoms in total. The second-order valence-corrected chi connectivity index (χ2v) is 5.62. The van der Waals surface area contributed by atoms with Crippen LogP contribution in [-0.2, 0) is 0 Å². The highest BCUT2D eigenvalue weighted by Crippen LogP contribution is 2.45. The molecule has 0 aliphatic heterocycles. The lowest BCUT2D eigenvalue weighted by Crippen LogP contribution is -2.02. The van der Waals surface area contributed by atoms with E-state index in [1.165, 1.54) is 0 Å². The van der Waals surface area contributed by atoms with Gasteiger partial charge >= 0.3 is 0 Å². The first kappa shape index (κ1) is 16.0. The summed E-state index contributed by atoms with van der Waals surface area (Å²) in [5.41, 5.74) is 1.72. The summed E-state index contributed by atoms with van der Waals surface area (Å²) in [6, 6.07) is 11.4. The lowest BCUT2D eigenvalue weighted by molar-refractivity contribution is 0.369. The molecule has 2 rings (SSSR count). The molecule has 2 aromatic carbocycles. The van der Waals surface area contributed by atoms with E-state index in [2.05, 4.69) is 15.9 Å². The van der Waals surface area contributed by atoms with Gasteiger partial charge in [0.2, 0.25) is 0 Å². The van der Waals surface area contributed by atoms with Gasteiger partial charge in [-0.1, -0.05) is 34.1 Å². The molecule has 0 heterocycles. The number of hydrogen-bond donors (Lipinski definition) is 0. The third-order valence-corrected chi connectivity index (χ3v) is 4.36. The van der Waals surface area contributed by atoms with Crippen molar-refractivity contribution in [3.05, 3.63) is 52.0 Å². The van der Waals surface area contributed by atoms with Crippen LogP contribution in [0.3, 0.4) is 0 Å². The second kappa shape index (κ2) is 7.05. The molecular weight excluding hydrogens is 356 g/mol. The Bertz CT molecular complexity index is 606. The first-order valence-electron chi connectivity index (χ1n) is 6.30. The molecule has 1 unspecified atom stereocenters. The minimum atomic E-state index is -0.406. The Morgan fingerprint density at radius 2 is 1.52 bits per heavy atom. The van der Waals surface area contributed by atoms with Gasteiger partial charge in [-0.2, -0.15) is 0 Å². The Morgan fingerprint density at radius 3 is 2.00 bits per heavy atom. The fourth-order valence-electron chi connectivity index (χ4n) is 2.12. The van der Waals surface area contributed by atoms with Gasteiger partial charge in [0.15, 0.2) is 0 Å². The third kappa shape index (κ3) is 3.27. The predicted molar refractivity (Wildman–Crippen MR) is 87.9 cm³/mol. The summed E-state index contributed by atoms with van der Waals surface area (Å²) < 4.78 is 17.1. The molecule has 0 bridgehead atoms. The number of methoxy groups -OCH3 is 3. The molecule has 0 radical (unpaired) electrons. The number of hydrogen-bond acceptors (Lipinski definition) is 3. The largest absolute Gasteiger partial charge is 0.496 e. The van der Waals surface area contributed by atoms with Gasteiger partial charge in [0.25, 0.3) is 0 Å². The Balaban J connectivity index is 2.59. The van der Waals surface area contributed by atoms with E-state index >= 15 is 0 Å². The van der Waals surface area contributed by atoms with Crippen molar-refractivity contribution in [1.29, 1.82) is 0 Å². The Morgan fingerprint density at radius 1 is 0.952 bits per heavy atom. The molecule has 2 aromatic rings. The Hall–Kier alpha value is -1.39. The van der Waals surface area contributed by atoms with Crippen LogP contribution in [-0.4, -0.2) is 21.3 Å². The molecule has 0 aromatic heterocycles. The summed E-state index contributed by atoms with van der Waals surface area (Å²) in [5, 5.41) is -0.406. The zero-order chi connectivity index (χ0) is 15.4. The van der Waals surface area contributed by atoms with Crippen molar-refractivity contribution in [2.24, 2.45) is 0 Å². The maximum absolute atomic E-state index is 6.67. The van der Waals surface area contributed by atoms with Crippen molar-refractivity contribution in [2.75, 3.05) is 21.3 Å². The minimum absolute atomic E-state index is 0.406. The quantitative estimate of drug-likeness (QED) is 0.706. The van der Waals surface area contributed by atoms with E-state index < -0.39 is 5.38 Å². The fraction of sp³-hybridized carbons (Fsp3) is 0.250. The van der Waals surface area contributed by atoms with E-state index in [1.54, 1.807) is 33.5 Å². The van der Waals surface area contributed by atoms with E-state index in [-0.39, 0.29) is 0 Å². The van der Waals surface area contributed by atoms with Crippen molar-refractivity contribution in [3.63, 3.8) is 0 Å². The standard InChI is InChI=1S/C16H16BrClO3/c1-19-10-8-13(20-2)15(14(9-10)21-3)16(18)11-6-4-5-7-12(11)17/h4-9,16H,1-3H3. The van der Waals surface area contributed by atoms with Gasteiger partial charge in [-0.3, -0.25) is 0 Å². The summed E-state index contributed by atoms with van der Waals surface area (Å²) in [6.07, 6.45) is 0. The van der Waals surface area contributed by atoms with E-state index in [4.69, 9.17) is 25.8 Å². The van der Waals surface area contributed by atoms with Crippen LogP contribution in [0.2, 0.25) is 0 Å². The molecule has 0 amide bonds. The summed E-state index contributed by atoms with van der Waals surface area (Å²) in [5.74, 6) is 1.91. The highest BCUT2D eigenvalue weighted by atomic mass is 79.9. The normalized spacial score (nSPS) is 11.9. The Kier molecular flexibility index (Phi) is 5.37. The molecule has 0 spiro atoms. The summed E-state index contributed by atoms with van der Waals surface area (Å²) >= 11 is 10.2. The number of rotatable bonds is 5. The molecule has 0 saturated carbocycles. The van der Waals surface area contributed by atoms with Crippen LogP contribution in [0.4, 0.5) is 0 Å². The first-order valence-corrected chi connectivity index (χ1v) is 7.53. The van der Waals surface area contributed by atoms with Gasteiger partial charge in [0.05, 0.1) is 32.3 Å². The average Bonchev–Trinajstić information content (AvgIpc) is 2.53. The molecule has 0 fully saturated rings. The monoisotopic (exact) mass is 370 g/mol. The Labute approximate surface area is 137 Å². The SMILES string of the molecule is COc1cc(OC)c(C(Cl)c2ccccc2Br)c(OC)c1. The van der Waals surface area contributed by atoms with Crippen LogP contribution in [0.15, 0.2) is 40.9 Å². The molecule has 1 atom stereocenters. The van der Waals surface area contributed by atoms with E-state index in [0.717, 1.165) is 15.6 Å². The molecule has 5 heteroatoms. The molecular formula is C16H16BrClO3. The van der Waals surface area contributed by atoms with Gasteiger partial charge < -0.3 is 14.2 Å². The van der Waals surface area contributed by atoms with E-state index in [9.17, 15) is 0 Å². The minimum Gasteiger partial charge on any atom is -0.496 e. The number of halogens is 2. The molecule has 0 N–H and O–H groups in total. The summed E-state index contributed by atoms with van der Waals surface area (Å²) in [6.45, 7) is 0. The van der Waals surface area contributed by atoms with Gasteiger partial charge in [0, 0.05) is 16.6 Å². The maximum Gasteiger partial charge on any atom is 0.131 e. The lowest BCUT2D eigenvalue weighted by atomic mass is 10.0. The zero-order valence-corrected chi connectivity index (χ0v) is 14.4. The van der Waals surface area contributed by atoms with Gasteiger partial charge in [0.1, 0.15) is 17.2 Å². The van der Waals surface area contributed by atoms with Gasteiger partial charge in [-0.15, -0.1) is 11.6 Å². The van der Waals surface area contributed by atoms with Crippen LogP contribution >= 0.6 is 27.5 Å². The number of ether oxygens (including phenoxy) is 3. The average molecular weight is 372 g/mol. The number of benzene rings is 2. The molecule has 112 valence electrons. The van der Waals surface area contributed by atoms with Gasteiger partial charge in [-0.05, 0) is 11.6 Å². The van der Waals surface area contributed by atoms with Crippen molar-refractivity contribution in [1.82, 2.24) is 0 Å². The van der Waals surface area contributed by atoms with Crippen molar-refractivity contribution >= 4 is 27.5 Å². The van der Waals surface area contributed by atoms with Crippen molar-refractivity contribution < 1.29 is 14.2 Å². The molecule has 0 saturated heterocycles. The predicted octanol–water partition coefficient (Wildman–Crippen LogP) is 4.80. The van der Waals surface area contributed by atoms with E-state index in [1.807, 2.05) is 24.3 Å². The first-order chi connectivity index (χ1) is 10.1. The van der Waals surface area contributed by atoms with Crippen LogP contribution in [0, 0.1) is 0 Å². The fourth-order valence-corrected chi connectivity index (χ4v) is 3.17. The zero-order valence-electron chi connectivity index (χ0n) is 12.0. The van der Waals surface area contributed by atoms with Crippen LogP contribution < -0.4 is 14.2 Å².